The van der Waals surface area contributed by atoms with Crippen LogP contribution in [-0.2, 0) is 16.1 Å². The lowest BCUT2D eigenvalue weighted by molar-refractivity contribution is -0.00410. The van der Waals surface area contributed by atoms with Gasteiger partial charge in [-0.3, -0.25) is 9.74 Å². The molecular weight excluding hydrogens is 274 g/mol. The van der Waals surface area contributed by atoms with E-state index in [4.69, 9.17) is 14.1 Å². The first-order valence-corrected chi connectivity index (χ1v) is 6.80. The van der Waals surface area contributed by atoms with Gasteiger partial charge in [-0.1, -0.05) is 11.2 Å². The highest BCUT2D eigenvalue weighted by Gasteiger charge is 2.33. The topological polar surface area (TPSA) is 76.8 Å². The number of hydroxylamine groups is 1. The van der Waals surface area contributed by atoms with Gasteiger partial charge in [-0.05, 0) is 20.8 Å². The summed E-state index contributed by atoms with van der Waals surface area (Å²) >= 11 is 0. The van der Waals surface area contributed by atoms with Gasteiger partial charge in [0.25, 0.3) is 0 Å². The summed E-state index contributed by atoms with van der Waals surface area (Å²) in [5, 5.41) is 3.78. The molecule has 0 saturated carbocycles. The molecule has 1 atom stereocenters. The van der Waals surface area contributed by atoms with Crippen molar-refractivity contribution in [1.29, 1.82) is 0 Å². The number of nitrogens with one attached hydrogen (secondary N) is 1. The van der Waals surface area contributed by atoms with Gasteiger partial charge < -0.3 is 9.26 Å². The maximum absolute atomic E-state index is 12.2. The first kappa shape index (κ1) is 15.5. The smallest absolute Gasteiger partial charge is 0.410 e. The van der Waals surface area contributed by atoms with E-state index in [0.29, 0.717) is 25.5 Å². The van der Waals surface area contributed by atoms with Crippen molar-refractivity contribution in [3.05, 3.63) is 30.2 Å². The number of aromatic nitrogens is 1. The highest BCUT2D eigenvalue weighted by Crippen LogP contribution is 2.27. The summed E-state index contributed by atoms with van der Waals surface area (Å²) in [6.07, 6.45) is 2.88. The van der Waals surface area contributed by atoms with Crippen LogP contribution in [0.3, 0.4) is 0 Å². The zero-order valence-corrected chi connectivity index (χ0v) is 12.6. The predicted octanol–water partition coefficient (Wildman–Crippen LogP) is 2.17. The average molecular weight is 295 g/mol. The summed E-state index contributed by atoms with van der Waals surface area (Å²) in [4.78, 5) is 19.0. The molecule has 1 aliphatic heterocycles. The van der Waals surface area contributed by atoms with Crippen molar-refractivity contribution in [2.75, 3.05) is 13.2 Å². The third-order valence-electron chi connectivity index (χ3n) is 2.87. The van der Waals surface area contributed by atoms with E-state index in [1.807, 2.05) is 20.8 Å². The molecule has 2 rings (SSSR count). The largest absolute Gasteiger partial charge is 0.444 e. The van der Waals surface area contributed by atoms with Gasteiger partial charge in [-0.15, -0.1) is 6.58 Å². The van der Waals surface area contributed by atoms with Crippen LogP contribution in [-0.4, -0.2) is 34.9 Å². The van der Waals surface area contributed by atoms with Crippen LogP contribution in [0.4, 0.5) is 4.79 Å². The van der Waals surface area contributed by atoms with Gasteiger partial charge in [0.1, 0.15) is 5.60 Å². The van der Waals surface area contributed by atoms with Crippen LogP contribution in [0, 0.1) is 0 Å². The average Bonchev–Trinajstić information content (AvgIpc) is 2.85. The lowest BCUT2D eigenvalue weighted by atomic mass is 10.0. The molecule has 1 N–H and O–H groups in total. The Morgan fingerprint density at radius 3 is 3.10 bits per heavy atom. The van der Waals surface area contributed by atoms with Crippen molar-refractivity contribution < 1.29 is 18.9 Å². The molecule has 1 aromatic rings. The predicted molar refractivity (Wildman–Crippen MR) is 75.2 cm³/mol. The number of hydrogen-bond donors (Lipinski definition) is 1. The summed E-state index contributed by atoms with van der Waals surface area (Å²) in [6.45, 7) is 10.2. The summed E-state index contributed by atoms with van der Waals surface area (Å²) in [5.74, 6) is 0.631. The molecule has 1 aromatic heterocycles. The maximum atomic E-state index is 12.2. The van der Waals surface area contributed by atoms with Crippen molar-refractivity contribution in [3.63, 3.8) is 0 Å². The molecule has 0 bridgehead atoms. The molecule has 116 valence electrons. The normalized spacial score (nSPS) is 18.2. The number of carbonyl (C=O) groups excluding carboxylic acids is 1. The number of amides is 1. The molecule has 0 aromatic carbocycles. The van der Waals surface area contributed by atoms with Crippen LogP contribution in [0.2, 0.25) is 0 Å². The molecule has 0 fully saturated rings. The van der Waals surface area contributed by atoms with E-state index in [1.165, 1.54) is 0 Å². The van der Waals surface area contributed by atoms with Gasteiger partial charge in [-0.25, -0.2) is 4.79 Å². The highest BCUT2D eigenvalue weighted by atomic mass is 16.6. The third-order valence-corrected chi connectivity index (χ3v) is 2.87. The fraction of sp³-hybridized carbons (Fsp3) is 0.571. The van der Waals surface area contributed by atoms with E-state index < -0.39 is 5.60 Å². The fourth-order valence-corrected chi connectivity index (χ4v) is 2.01. The molecule has 2 heterocycles. The summed E-state index contributed by atoms with van der Waals surface area (Å²) in [7, 11) is 0. The molecule has 0 spiro atoms. The van der Waals surface area contributed by atoms with Crippen molar-refractivity contribution in [2.24, 2.45) is 0 Å². The van der Waals surface area contributed by atoms with Crippen molar-refractivity contribution in [1.82, 2.24) is 15.5 Å². The van der Waals surface area contributed by atoms with Gasteiger partial charge in [-0.2, -0.15) is 5.48 Å². The second-order valence-corrected chi connectivity index (χ2v) is 5.84. The Morgan fingerprint density at radius 1 is 1.67 bits per heavy atom. The van der Waals surface area contributed by atoms with Crippen molar-refractivity contribution >= 4 is 6.09 Å². The van der Waals surface area contributed by atoms with E-state index in [-0.39, 0.29) is 12.1 Å². The number of rotatable bonds is 4. The molecule has 0 saturated heterocycles. The van der Waals surface area contributed by atoms with Crippen LogP contribution in [0.5, 0.6) is 0 Å². The van der Waals surface area contributed by atoms with Crippen LogP contribution < -0.4 is 5.48 Å². The van der Waals surface area contributed by atoms with Crippen LogP contribution in [0.1, 0.15) is 38.1 Å². The van der Waals surface area contributed by atoms with Crippen LogP contribution in [0.15, 0.2) is 23.4 Å². The van der Waals surface area contributed by atoms with E-state index in [2.05, 4.69) is 17.2 Å². The second-order valence-electron chi connectivity index (χ2n) is 5.84. The third kappa shape index (κ3) is 4.05. The summed E-state index contributed by atoms with van der Waals surface area (Å²) in [6, 6.07) is -0.215. The van der Waals surface area contributed by atoms with Gasteiger partial charge in [0, 0.05) is 12.1 Å². The van der Waals surface area contributed by atoms with Crippen molar-refractivity contribution in [2.45, 2.75) is 39.0 Å². The first-order chi connectivity index (χ1) is 9.90. The number of carbonyl (C=O) groups is 1. The Hall–Kier alpha value is -1.86. The molecule has 7 heteroatoms. The van der Waals surface area contributed by atoms with E-state index in [9.17, 15) is 4.79 Å². The zero-order valence-electron chi connectivity index (χ0n) is 12.6. The number of nitrogens with zero attached hydrogens (tertiary/aromatic N) is 2. The molecule has 1 aliphatic rings. The van der Waals surface area contributed by atoms with E-state index in [0.717, 1.165) is 5.56 Å². The minimum absolute atomic E-state index is 0.215. The van der Waals surface area contributed by atoms with Crippen LogP contribution >= 0.6 is 0 Å². The quantitative estimate of drug-likeness (QED) is 0.521. The fourth-order valence-electron chi connectivity index (χ4n) is 2.01. The zero-order chi connectivity index (χ0) is 15.5. The monoisotopic (exact) mass is 295 g/mol. The molecule has 0 aliphatic carbocycles. The van der Waals surface area contributed by atoms with Gasteiger partial charge >= 0.3 is 6.09 Å². The Labute approximate surface area is 123 Å². The van der Waals surface area contributed by atoms with E-state index >= 15 is 0 Å². The molecule has 1 amide bonds. The number of ether oxygens (including phenoxy) is 1. The number of hydrogen-bond acceptors (Lipinski definition) is 6. The van der Waals surface area contributed by atoms with Crippen LogP contribution in [0.25, 0.3) is 0 Å². The second kappa shape index (κ2) is 6.28. The minimum atomic E-state index is -0.541. The molecule has 0 radical (unpaired) electrons. The minimum Gasteiger partial charge on any atom is -0.444 e. The SMILES string of the molecule is C=CCONC1CN(C(=O)OC(C)(C)C)Cc2oncc21. The summed E-state index contributed by atoms with van der Waals surface area (Å²) < 4.78 is 10.6. The lowest BCUT2D eigenvalue weighted by Gasteiger charge is -2.32. The first-order valence-electron chi connectivity index (χ1n) is 6.80. The van der Waals surface area contributed by atoms with Crippen molar-refractivity contribution in [3.8, 4) is 0 Å². The van der Waals surface area contributed by atoms with Gasteiger partial charge in [0.05, 0.1) is 25.4 Å². The summed E-state index contributed by atoms with van der Waals surface area (Å²) in [5.41, 5.74) is 3.24. The molecular formula is C14H21N3O4. The Kier molecular flexibility index (Phi) is 4.64. The maximum Gasteiger partial charge on any atom is 0.410 e. The molecule has 7 nitrogen and oxygen atoms in total. The molecule has 1 unspecified atom stereocenters. The number of fused-ring (bicyclic) bond motifs is 1. The standard InChI is InChI=1S/C14H21N3O4/c1-5-6-19-16-11-8-17(13(18)20-14(2,3)4)9-12-10(11)7-15-21-12/h5,7,11,16H,1,6,8-9H2,2-4H3. The Balaban J connectivity index is 2.06. The van der Waals surface area contributed by atoms with Gasteiger partial charge in [0.15, 0.2) is 5.76 Å². The van der Waals surface area contributed by atoms with E-state index in [1.54, 1.807) is 17.2 Å². The highest BCUT2D eigenvalue weighted by molar-refractivity contribution is 5.68. The van der Waals surface area contributed by atoms with Gasteiger partial charge in [0.2, 0.25) is 0 Å². The molecule has 21 heavy (non-hydrogen) atoms. The Morgan fingerprint density at radius 2 is 2.43 bits per heavy atom. The Bertz CT molecular complexity index is 507. The lowest BCUT2D eigenvalue weighted by Crippen LogP contribution is -2.44.